The molecule has 26 heavy (non-hydrogen) atoms. The summed E-state index contributed by atoms with van der Waals surface area (Å²) in [6.45, 7) is 0. The number of carbonyl (C=O) groups excluding carboxylic acids is 1. The predicted octanol–water partition coefficient (Wildman–Crippen LogP) is 5.23. The minimum absolute atomic E-state index is 0.146. The number of aromatic nitrogens is 1. The molecule has 0 unspecified atom stereocenters. The molecule has 1 heterocycles. The number of fused-ring (bicyclic) bond motifs is 1. The number of hydrogen-bond acceptors (Lipinski definition) is 3. The highest BCUT2D eigenvalue weighted by Gasteiger charge is 2.10. The summed E-state index contributed by atoms with van der Waals surface area (Å²) in [5, 5.41) is 7.19. The van der Waals surface area contributed by atoms with Crippen LogP contribution in [0.1, 0.15) is 10.4 Å². The van der Waals surface area contributed by atoms with Crippen molar-refractivity contribution in [3.05, 3.63) is 96.6 Å². The lowest BCUT2D eigenvalue weighted by Crippen LogP contribution is -2.12. The smallest absolute Gasteiger partial charge is 0.255 e. The average molecular weight is 339 g/mol. The first-order valence-corrected chi connectivity index (χ1v) is 8.38. The van der Waals surface area contributed by atoms with Crippen molar-refractivity contribution in [2.24, 2.45) is 0 Å². The van der Waals surface area contributed by atoms with E-state index in [1.165, 1.54) is 0 Å². The van der Waals surface area contributed by atoms with Crippen LogP contribution in [0.3, 0.4) is 0 Å². The van der Waals surface area contributed by atoms with Gasteiger partial charge in [0.25, 0.3) is 5.91 Å². The van der Waals surface area contributed by atoms with E-state index in [9.17, 15) is 4.79 Å². The van der Waals surface area contributed by atoms with Gasteiger partial charge in [0.2, 0.25) is 0 Å². The van der Waals surface area contributed by atoms with Gasteiger partial charge < -0.3 is 10.6 Å². The number of pyridine rings is 1. The highest BCUT2D eigenvalue weighted by molar-refractivity contribution is 6.09. The fraction of sp³-hybridized carbons (Fsp3) is 0. The molecule has 0 bridgehead atoms. The van der Waals surface area contributed by atoms with Crippen molar-refractivity contribution in [2.75, 3.05) is 10.6 Å². The quantitative estimate of drug-likeness (QED) is 0.535. The Kier molecular flexibility index (Phi) is 4.31. The lowest BCUT2D eigenvalue weighted by Gasteiger charge is -2.12. The topological polar surface area (TPSA) is 54.0 Å². The summed E-state index contributed by atoms with van der Waals surface area (Å²) in [6, 6.07) is 28.6. The second-order valence-electron chi connectivity index (χ2n) is 5.88. The average Bonchev–Trinajstić information content (AvgIpc) is 2.69. The van der Waals surface area contributed by atoms with Gasteiger partial charge in [0.05, 0.1) is 11.2 Å². The molecule has 1 amide bonds. The molecule has 1 aromatic heterocycles. The first kappa shape index (κ1) is 15.8. The standard InChI is InChI=1S/C22H17N3O/c26-22(16-9-3-1-4-10-16)25-20-15-21(23-17-11-5-2-6-12-17)24-19-14-8-7-13-18(19)20/h1-15H,(H2,23,24,25,26). The Morgan fingerprint density at radius 2 is 1.42 bits per heavy atom. The molecular formula is C22H17N3O. The Labute approximate surface area is 151 Å². The van der Waals surface area contributed by atoms with Gasteiger partial charge in [-0.2, -0.15) is 0 Å². The van der Waals surface area contributed by atoms with Gasteiger partial charge in [-0.1, -0.05) is 54.6 Å². The molecule has 126 valence electrons. The minimum Gasteiger partial charge on any atom is -0.340 e. The van der Waals surface area contributed by atoms with Crippen molar-refractivity contribution < 1.29 is 4.79 Å². The summed E-state index contributed by atoms with van der Waals surface area (Å²) < 4.78 is 0. The first-order valence-electron chi connectivity index (χ1n) is 8.38. The van der Waals surface area contributed by atoms with Crippen LogP contribution in [-0.2, 0) is 0 Å². The molecule has 4 nitrogen and oxygen atoms in total. The van der Waals surface area contributed by atoms with Gasteiger partial charge in [0.1, 0.15) is 5.82 Å². The highest BCUT2D eigenvalue weighted by Crippen LogP contribution is 2.27. The van der Waals surface area contributed by atoms with Crippen LogP contribution in [0.4, 0.5) is 17.2 Å². The van der Waals surface area contributed by atoms with E-state index in [1.807, 2.05) is 78.9 Å². The molecule has 4 heteroatoms. The van der Waals surface area contributed by atoms with E-state index < -0.39 is 0 Å². The Bertz CT molecular complexity index is 1050. The van der Waals surface area contributed by atoms with Gasteiger partial charge in [-0.25, -0.2) is 4.98 Å². The minimum atomic E-state index is -0.146. The molecule has 4 aromatic rings. The molecule has 0 atom stereocenters. The van der Waals surface area contributed by atoms with E-state index in [4.69, 9.17) is 0 Å². The van der Waals surface area contributed by atoms with Crippen molar-refractivity contribution in [1.82, 2.24) is 4.98 Å². The normalized spacial score (nSPS) is 10.5. The number of anilines is 3. The van der Waals surface area contributed by atoms with Gasteiger partial charge >= 0.3 is 0 Å². The summed E-state index contributed by atoms with van der Waals surface area (Å²) in [5.41, 5.74) is 3.10. The number of rotatable bonds is 4. The van der Waals surface area contributed by atoms with Crippen LogP contribution in [0.15, 0.2) is 91.0 Å². The largest absolute Gasteiger partial charge is 0.340 e. The van der Waals surface area contributed by atoms with Crippen molar-refractivity contribution >= 4 is 34.0 Å². The molecule has 4 rings (SSSR count). The summed E-state index contributed by atoms with van der Waals surface area (Å²) in [6.07, 6.45) is 0. The lowest BCUT2D eigenvalue weighted by molar-refractivity contribution is 0.102. The van der Waals surface area contributed by atoms with Crippen LogP contribution in [0.25, 0.3) is 10.9 Å². The number of benzene rings is 3. The van der Waals surface area contributed by atoms with Crippen molar-refractivity contribution in [3.8, 4) is 0 Å². The summed E-state index contributed by atoms with van der Waals surface area (Å²) >= 11 is 0. The third-order valence-electron chi connectivity index (χ3n) is 4.05. The van der Waals surface area contributed by atoms with Gasteiger partial charge in [-0.3, -0.25) is 4.79 Å². The van der Waals surface area contributed by atoms with Gasteiger partial charge in [-0.15, -0.1) is 0 Å². The van der Waals surface area contributed by atoms with E-state index >= 15 is 0 Å². The summed E-state index contributed by atoms with van der Waals surface area (Å²) in [7, 11) is 0. The third-order valence-corrected chi connectivity index (χ3v) is 4.05. The zero-order chi connectivity index (χ0) is 17.8. The maximum atomic E-state index is 12.6. The van der Waals surface area contributed by atoms with Gasteiger partial charge in [0.15, 0.2) is 0 Å². The van der Waals surface area contributed by atoms with Crippen LogP contribution in [0, 0.1) is 0 Å². The molecule has 0 aliphatic rings. The molecular weight excluding hydrogens is 322 g/mol. The lowest BCUT2D eigenvalue weighted by atomic mass is 10.1. The van der Waals surface area contributed by atoms with Gasteiger partial charge in [-0.05, 0) is 30.3 Å². The molecule has 0 saturated carbocycles. The van der Waals surface area contributed by atoms with E-state index in [0.717, 1.165) is 22.3 Å². The zero-order valence-corrected chi connectivity index (χ0v) is 14.0. The molecule has 3 aromatic carbocycles. The Balaban J connectivity index is 1.71. The molecule has 0 saturated heterocycles. The summed E-state index contributed by atoms with van der Waals surface area (Å²) in [4.78, 5) is 17.2. The fourth-order valence-corrected chi connectivity index (χ4v) is 2.80. The Morgan fingerprint density at radius 1 is 0.769 bits per heavy atom. The number of para-hydroxylation sites is 2. The number of hydrogen-bond donors (Lipinski definition) is 2. The Morgan fingerprint density at radius 3 is 2.19 bits per heavy atom. The van der Waals surface area contributed by atoms with Crippen LogP contribution < -0.4 is 10.6 Å². The molecule has 0 radical (unpaired) electrons. The monoisotopic (exact) mass is 339 g/mol. The molecule has 0 aliphatic heterocycles. The Hall–Kier alpha value is -3.66. The second-order valence-corrected chi connectivity index (χ2v) is 5.88. The maximum absolute atomic E-state index is 12.6. The van der Waals surface area contributed by atoms with E-state index in [1.54, 1.807) is 12.1 Å². The number of carbonyl (C=O) groups is 1. The maximum Gasteiger partial charge on any atom is 0.255 e. The molecule has 0 fully saturated rings. The van der Waals surface area contributed by atoms with Crippen molar-refractivity contribution in [3.63, 3.8) is 0 Å². The number of nitrogens with zero attached hydrogens (tertiary/aromatic N) is 1. The van der Waals surface area contributed by atoms with Crippen LogP contribution >= 0.6 is 0 Å². The molecule has 2 N–H and O–H groups in total. The van der Waals surface area contributed by atoms with E-state index in [0.29, 0.717) is 11.4 Å². The van der Waals surface area contributed by atoms with Crippen LogP contribution in [-0.4, -0.2) is 10.9 Å². The second kappa shape index (κ2) is 7.07. The molecule has 0 spiro atoms. The third kappa shape index (κ3) is 3.39. The van der Waals surface area contributed by atoms with Crippen LogP contribution in [0.2, 0.25) is 0 Å². The molecule has 0 aliphatic carbocycles. The van der Waals surface area contributed by atoms with Crippen molar-refractivity contribution in [1.29, 1.82) is 0 Å². The number of amides is 1. The van der Waals surface area contributed by atoms with E-state index in [2.05, 4.69) is 15.6 Å². The SMILES string of the molecule is O=C(Nc1cc(Nc2ccccc2)nc2ccccc12)c1ccccc1. The fourth-order valence-electron chi connectivity index (χ4n) is 2.80. The number of nitrogens with one attached hydrogen (secondary N) is 2. The summed E-state index contributed by atoms with van der Waals surface area (Å²) in [5.74, 6) is 0.533. The van der Waals surface area contributed by atoms with Gasteiger partial charge in [0, 0.05) is 22.7 Å². The predicted molar refractivity (Wildman–Crippen MR) is 106 cm³/mol. The highest BCUT2D eigenvalue weighted by atomic mass is 16.1. The van der Waals surface area contributed by atoms with Crippen LogP contribution in [0.5, 0.6) is 0 Å². The zero-order valence-electron chi connectivity index (χ0n) is 14.0. The van der Waals surface area contributed by atoms with E-state index in [-0.39, 0.29) is 5.91 Å². The first-order chi connectivity index (χ1) is 12.8. The van der Waals surface area contributed by atoms with Crippen molar-refractivity contribution in [2.45, 2.75) is 0 Å².